The van der Waals surface area contributed by atoms with Gasteiger partial charge >= 0.3 is 11.9 Å². The number of ether oxygens (including phenoxy) is 1. The molecule has 0 radical (unpaired) electrons. The molecule has 132 valence electrons. The van der Waals surface area contributed by atoms with Crippen LogP contribution in [0.2, 0.25) is 0 Å². The third-order valence-corrected chi connectivity index (χ3v) is 3.92. The largest absolute Gasteiger partial charge is 0.480 e. The fraction of sp³-hybridized carbons (Fsp3) is 0.150. The summed E-state index contributed by atoms with van der Waals surface area (Å²) in [6, 6.07) is 17.6. The van der Waals surface area contributed by atoms with Crippen LogP contribution in [0, 0.1) is 0 Å². The Labute approximate surface area is 150 Å². The summed E-state index contributed by atoms with van der Waals surface area (Å²) >= 11 is 0. The number of nitrogens with zero attached hydrogens (tertiary/aromatic N) is 2. The quantitative estimate of drug-likeness (QED) is 0.661. The van der Waals surface area contributed by atoms with Crippen LogP contribution < -0.4 is 0 Å². The zero-order valence-corrected chi connectivity index (χ0v) is 14.0. The van der Waals surface area contributed by atoms with E-state index in [1.54, 1.807) is 6.20 Å². The van der Waals surface area contributed by atoms with E-state index in [2.05, 4.69) is 4.98 Å². The molecule has 2 aromatic carbocycles. The van der Waals surface area contributed by atoms with Gasteiger partial charge < -0.3 is 14.4 Å². The van der Waals surface area contributed by atoms with Crippen molar-refractivity contribution in [3.63, 3.8) is 0 Å². The molecule has 3 aromatic rings. The minimum absolute atomic E-state index is 0.116. The van der Waals surface area contributed by atoms with Gasteiger partial charge in [0.15, 0.2) is 0 Å². The van der Waals surface area contributed by atoms with Crippen molar-refractivity contribution in [2.24, 2.45) is 0 Å². The second-order valence-electron chi connectivity index (χ2n) is 5.78. The van der Waals surface area contributed by atoms with E-state index in [0.717, 1.165) is 11.1 Å². The van der Waals surface area contributed by atoms with Gasteiger partial charge in [0, 0.05) is 11.8 Å². The minimum Gasteiger partial charge on any atom is -0.480 e. The lowest BCUT2D eigenvalue weighted by Crippen LogP contribution is -2.22. The number of carbonyl (C=O) groups is 2. The van der Waals surface area contributed by atoms with Crippen molar-refractivity contribution in [2.75, 3.05) is 0 Å². The molecule has 0 bridgehead atoms. The lowest BCUT2D eigenvalue weighted by atomic mass is 10.1. The van der Waals surface area contributed by atoms with Crippen LogP contribution in [-0.2, 0) is 20.9 Å². The molecule has 0 aliphatic rings. The molecule has 1 atom stereocenters. The molecule has 0 aliphatic carbocycles. The second kappa shape index (κ2) is 8.11. The molecule has 1 unspecified atom stereocenters. The number of rotatable bonds is 7. The number of aromatic nitrogens is 2. The number of aliphatic carboxylic acids is 1. The van der Waals surface area contributed by atoms with E-state index in [4.69, 9.17) is 4.74 Å². The first-order valence-corrected chi connectivity index (χ1v) is 8.15. The van der Waals surface area contributed by atoms with Crippen molar-refractivity contribution < 1.29 is 19.4 Å². The Morgan fingerprint density at radius 2 is 1.69 bits per heavy atom. The normalized spacial score (nSPS) is 11.7. The van der Waals surface area contributed by atoms with Crippen LogP contribution in [0.3, 0.4) is 0 Å². The SMILES string of the molecule is O=C(CC(C(=O)O)n1cnc(-c2ccccc2)c1)OCc1ccccc1. The molecule has 0 fully saturated rings. The number of benzene rings is 2. The van der Waals surface area contributed by atoms with Crippen LogP contribution in [0.25, 0.3) is 11.3 Å². The summed E-state index contributed by atoms with van der Waals surface area (Å²) < 4.78 is 6.61. The van der Waals surface area contributed by atoms with E-state index in [1.165, 1.54) is 10.9 Å². The van der Waals surface area contributed by atoms with E-state index in [1.807, 2.05) is 60.7 Å². The van der Waals surface area contributed by atoms with Crippen LogP contribution in [0.5, 0.6) is 0 Å². The highest BCUT2D eigenvalue weighted by Gasteiger charge is 2.24. The zero-order chi connectivity index (χ0) is 18.4. The number of carboxylic acids is 1. The van der Waals surface area contributed by atoms with Crippen molar-refractivity contribution in [2.45, 2.75) is 19.1 Å². The van der Waals surface area contributed by atoms with Crippen molar-refractivity contribution in [1.82, 2.24) is 9.55 Å². The van der Waals surface area contributed by atoms with Gasteiger partial charge in [0.2, 0.25) is 0 Å². The first-order valence-electron chi connectivity index (χ1n) is 8.15. The molecule has 6 heteroatoms. The molecule has 0 saturated carbocycles. The maximum absolute atomic E-state index is 12.1. The summed E-state index contributed by atoms with van der Waals surface area (Å²) in [6.07, 6.45) is 2.77. The lowest BCUT2D eigenvalue weighted by molar-refractivity contribution is -0.151. The lowest BCUT2D eigenvalue weighted by Gasteiger charge is -2.13. The maximum Gasteiger partial charge on any atom is 0.327 e. The van der Waals surface area contributed by atoms with Gasteiger partial charge in [-0.05, 0) is 5.56 Å². The Hall–Kier alpha value is -3.41. The average molecular weight is 350 g/mol. The van der Waals surface area contributed by atoms with Gasteiger partial charge in [0.25, 0.3) is 0 Å². The van der Waals surface area contributed by atoms with Gasteiger partial charge in [-0.3, -0.25) is 4.79 Å². The molecule has 1 aromatic heterocycles. The summed E-state index contributed by atoms with van der Waals surface area (Å²) in [4.78, 5) is 27.9. The summed E-state index contributed by atoms with van der Waals surface area (Å²) in [7, 11) is 0. The highest BCUT2D eigenvalue weighted by molar-refractivity contribution is 5.80. The Kier molecular flexibility index (Phi) is 5.43. The van der Waals surface area contributed by atoms with Crippen LogP contribution >= 0.6 is 0 Å². The van der Waals surface area contributed by atoms with Gasteiger partial charge in [-0.2, -0.15) is 0 Å². The second-order valence-corrected chi connectivity index (χ2v) is 5.78. The molecule has 0 amide bonds. The molecule has 0 spiro atoms. The molecule has 26 heavy (non-hydrogen) atoms. The van der Waals surface area contributed by atoms with Crippen LogP contribution in [0.4, 0.5) is 0 Å². The van der Waals surface area contributed by atoms with E-state index in [9.17, 15) is 14.7 Å². The van der Waals surface area contributed by atoms with E-state index < -0.39 is 18.0 Å². The number of hydrogen-bond donors (Lipinski definition) is 1. The zero-order valence-electron chi connectivity index (χ0n) is 14.0. The predicted molar refractivity (Wildman–Crippen MR) is 95.2 cm³/mol. The molecular weight excluding hydrogens is 332 g/mol. The van der Waals surface area contributed by atoms with Crippen molar-refractivity contribution in [3.8, 4) is 11.3 Å². The summed E-state index contributed by atoms with van der Waals surface area (Å²) in [5.74, 6) is -1.69. The first kappa shape index (κ1) is 17.4. The molecule has 6 nitrogen and oxygen atoms in total. The van der Waals surface area contributed by atoms with Crippen LogP contribution in [0.15, 0.2) is 73.2 Å². The third kappa shape index (κ3) is 4.36. The number of carbonyl (C=O) groups excluding carboxylic acids is 1. The van der Waals surface area contributed by atoms with Crippen LogP contribution in [-0.4, -0.2) is 26.6 Å². The standard InChI is InChI=1S/C20H18N2O4/c23-19(26-13-15-7-3-1-4-8-15)11-18(20(24)25)22-12-17(21-14-22)16-9-5-2-6-10-16/h1-10,12,14,18H,11,13H2,(H,24,25). The molecular formula is C20H18N2O4. The third-order valence-electron chi connectivity index (χ3n) is 3.92. The van der Waals surface area contributed by atoms with Crippen molar-refractivity contribution >= 4 is 11.9 Å². The first-order chi connectivity index (χ1) is 12.6. The predicted octanol–water partition coefficient (Wildman–Crippen LogP) is 3.31. The van der Waals surface area contributed by atoms with Gasteiger partial charge in [-0.15, -0.1) is 0 Å². The van der Waals surface area contributed by atoms with Gasteiger partial charge in [-0.25, -0.2) is 9.78 Å². The fourth-order valence-electron chi connectivity index (χ4n) is 2.54. The Bertz CT molecular complexity index is 875. The molecule has 0 aliphatic heterocycles. The summed E-state index contributed by atoms with van der Waals surface area (Å²) in [5.41, 5.74) is 2.37. The van der Waals surface area contributed by atoms with Crippen LogP contribution in [0.1, 0.15) is 18.0 Å². The van der Waals surface area contributed by atoms with Gasteiger partial charge in [0.1, 0.15) is 12.6 Å². The Morgan fingerprint density at radius 3 is 2.35 bits per heavy atom. The van der Waals surface area contributed by atoms with E-state index in [0.29, 0.717) is 5.69 Å². The maximum atomic E-state index is 12.1. The summed E-state index contributed by atoms with van der Waals surface area (Å²) in [6.45, 7) is 0.116. The van der Waals surface area contributed by atoms with E-state index in [-0.39, 0.29) is 13.0 Å². The van der Waals surface area contributed by atoms with Gasteiger partial charge in [-0.1, -0.05) is 60.7 Å². The highest BCUT2D eigenvalue weighted by atomic mass is 16.5. The molecule has 3 rings (SSSR count). The number of esters is 1. The smallest absolute Gasteiger partial charge is 0.327 e. The average Bonchev–Trinajstić information content (AvgIpc) is 3.15. The molecule has 0 saturated heterocycles. The molecule has 1 N–H and O–H groups in total. The highest BCUT2D eigenvalue weighted by Crippen LogP contribution is 2.20. The van der Waals surface area contributed by atoms with Crippen molar-refractivity contribution in [3.05, 3.63) is 78.8 Å². The summed E-state index contributed by atoms with van der Waals surface area (Å²) in [5, 5.41) is 9.48. The Morgan fingerprint density at radius 1 is 1.04 bits per heavy atom. The van der Waals surface area contributed by atoms with Gasteiger partial charge in [0.05, 0.1) is 18.4 Å². The molecule has 1 heterocycles. The number of carboxylic acid groups (broad SMARTS) is 1. The monoisotopic (exact) mass is 350 g/mol. The number of imidazole rings is 1. The van der Waals surface area contributed by atoms with Crippen molar-refractivity contribution in [1.29, 1.82) is 0 Å². The minimum atomic E-state index is -1.11. The fourth-order valence-corrected chi connectivity index (χ4v) is 2.54. The Balaban J connectivity index is 1.67. The number of hydrogen-bond acceptors (Lipinski definition) is 4. The van der Waals surface area contributed by atoms with E-state index >= 15 is 0 Å². The topological polar surface area (TPSA) is 81.4 Å².